The number of anilines is 1. The van der Waals surface area contributed by atoms with Gasteiger partial charge in [0.1, 0.15) is 11.9 Å². The quantitative estimate of drug-likeness (QED) is 0.847. The van der Waals surface area contributed by atoms with E-state index in [4.69, 9.17) is 10.00 Å². The molecule has 1 aromatic rings. The number of hydrogen-bond donors (Lipinski definition) is 0. The first-order valence-corrected chi connectivity index (χ1v) is 8.27. The van der Waals surface area contributed by atoms with Gasteiger partial charge >= 0.3 is 0 Å². The molecule has 0 aromatic carbocycles. The van der Waals surface area contributed by atoms with Crippen molar-refractivity contribution in [2.24, 2.45) is 0 Å². The van der Waals surface area contributed by atoms with Crippen LogP contribution in [0.4, 0.5) is 5.82 Å². The molecule has 1 aromatic heterocycles. The van der Waals surface area contributed by atoms with E-state index in [0.29, 0.717) is 25.1 Å². The Morgan fingerprint density at radius 3 is 2.74 bits per heavy atom. The average Bonchev–Trinajstić information content (AvgIpc) is 2.63. The van der Waals surface area contributed by atoms with Crippen LogP contribution in [-0.4, -0.2) is 54.7 Å². The normalized spacial score (nSPS) is 21.8. The van der Waals surface area contributed by atoms with Crippen LogP contribution >= 0.6 is 0 Å². The van der Waals surface area contributed by atoms with Crippen molar-refractivity contribution in [3.8, 4) is 6.07 Å². The summed E-state index contributed by atoms with van der Waals surface area (Å²) in [6.07, 6.45) is 5.48. The van der Waals surface area contributed by atoms with Crippen molar-refractivity contribution in [3.05, 3.63) is 23.9 Å². The second-order valence-electron chi connectivity index (χ2n) is 6.08. The summed E-state index contributed by atoms with van der Waals surface area (Å²) < 4.78 is 5.66. The van der Waals surface area contributed by atoms with E-state index >= 15 is 0 Å². The minimum absolute atomic E-state index is 0.106. The number of aromatic nitrogens is 1. The first-order chi connectivity index (χ1) is 11.3. The third-order valence-corrected chi connectivity index (χ3v) is 4.51. The molecule has 0 N–H and O–H groups in total. The Labute approximate surface area is 136 Å². The summed E-state index contributed by atoms with van der Waals surface area (Å²) in [7, 11) is 0. The Bertz CT molecular complexity index is 567. The minimum atomic E-state index is 0.106. The maximum Gasteiger partial charge on any atom is 0.225 e. The maximum absolute atomic E-state index is 12.4. The van der Waals surface area contributed by atoms with Crippen molar-refractivity contribution in [2.75, 3.05) is 37.7 Å². The van der Waals surface area contributed by atoms with Crippen LogP contribution in [0.1, 0.15) is 31.2 Å². The van der Waals surface area contributed by atoms with Crippen LogP contribution in [0.3, 0.4) is 0 Å². The number of rotatable bonds is 3. The molecule has 6 heteroatoms. The zero-order valence-corrected chi connectivity index (χ0v) is 13.3. The third-order valence-electron chi connectivity index (χ3n) is 4.51. The van der Waals surface area contributed by atoms with Gasteiger partial charge in [-0.1, -0.05) is 0 Å². The van der Waals surface area contributed by atoms with E-state index in [0.717, 1.165) is 44.8 Å². The minimum Gasteiger partial charge on any atom is -0.378 e. The summed E-state index contributed by atoms with van der Waals surface area (Å²) in [5, 5.41) is 8.81. The van der Waals surface area contributed by atoms with Crippen molar-refractivity contribution in [1.29, 1.82) is 5.26 Å². The average molecular weight is 314 g/mol. The number of ether oxygens (including phenoxy) is 1. The van der Waals surface area contributed by atoms with Gasteiger partial charge in [-0.2, -0.15) is 5.26 Å². The fourth-order valence-electron chi connectivity index (χ4n) is 3.12. The standard InChI is InChI=1S/C17H22N4O2/c18-12-14-4-5-16(19-13-14)20-6-8-21(9-7-20)17(22)11-15-3-1-2-10-23-15/h4-5,13,15H,1-3,6-11H2. The number of piperazine rings is 1. The van der Waals surface area contributed by atoms with Gasteiger partial charge in [-0.3, -0.25) is 4.79 Å². The smallest absolute Gasteiger partial charge is 0.225 e. The largest absolute Gasteiger partial charge is 0.378 e. The molecule has 0 aliphatic carbocycles. The van der Waals surface area contributed by atoms with Gasteiger partial charge in [0.25, 0.3) is 0 Å². The molecule has 23 heavy (non-hydrogen) atoms. The SMILES string of the molecule is N#Cc1ccc(N2CCN(C(=O)CC3CCCCO3)CC2)nc1. The van der Waals surface area contributed by atoms with Crippen molar-refractivity contribution in [2.45, 2.75) is 31.8 Å². The van der Waals surface area contributed by atoms with Crippen LogP contribution in [0.25, 0.3) is 0 Å². The highest BCUT2D eigenvalue weighted by Crippen LogP contribution is 2.18. The maximum atomic E-state index is 12.4. The van der Waals surface area contributed by atoms with Crippen LogP contribution in [0.15, 0.2) is 18.3 Å². The summed E-state index contributed by atoms with van der Waals surface area (Å²) in [5.41, 5.74) is 0.565. The fourth-order valence-corrected chi connectivity index (χ4v) is 3.12. The molecule has 0 bridgehead atoms. The Hall–Kier alpha value is -2.13. The molecule has 2 saturated heterocycles. The third kappa shape index (κ3) is 3.99. The highest BCUT2D eigenvalue weighted by atomic mass is 16.5. The lowest BCUT2D eigenvalue weighted by molar-refractivity contribution is -0.135. The molecule has 1 unspecified atom stereocenters. The van der Waals surface area contributed by atoms with Crippen molar-refractivity contribution < 1.29 is 9.53 Å². The number of carbonyl (C=O) groups excluding carboxylic acids is 1. The molecular formula is C17H22N4O2. The second-order valence-corrected chi connectivity index (χ2v) is 6.08. The summed E-state index contributed by atoms with van der Waals surface area (Å²) in [5.74, 6) is 1.07. The Kier molecular flexibility index (Phi) is 5.09. The summed E-state index contributed by atoms with van der Waals surface area (Å²) in [6, 6.07) is 5.72. The predicted molar refractivity (Wildman–Crippen MR) is 86.0 cm³/mol. The van der Waals surface area contributed by atoms with Crippen LogP contribution in [0.5, 0.6) is 0 Å². The molecule has 0 saturated carbocycles. The lowest BCUT2D eigenvalue weighted by Gasteiger charge is -2.36. The van der Waals surface area contributed by atoms with Gasteiger partial charge in [0, 0.05) is 39.0 Å². The van der Waals surface area contributed by atoms with Gasteiger partial charge in [0.15, 0.2) is 0 Å². The molecule has 3 rings (SSSR count). The van der Waals surface area contributed by atoms with E-state index in [1.165, 1.54) is 0 Å². The zero-order valence-electron chi connectivity index (χ0n) is 13.3. The molecule has 2 aliphatic heterocycles. The molecule has 2 fully saturated rings. The molecule has 0 radical (unpaired) electrons. The monoisotopic (exact) mass is 314 g/mol. The number of nitrogens with zero attached hydrogens (tertiary/aromatic N) is 4. The molecule has 1 atom stereocenters. The molecule has 122 valence electrons. The predicted octanol–water partition coefficient (Wildman–Crippen LogP) is 1.56. The van der Waals surface area contributed by atoms with Gasteiger partial charge < -0.3 is 14.5 Å². The molecular weight excluding hydrogens is 292 g/mol. The van der Waals surface area contributed by atoms with E-state index in [-0.39, 0.29) is 12.0 Å². The number of carbonyl (C=O) groups is 1. The summed E-state index contributed by atoms with van der Waals surface area (Å²) in [4.78, 5) is 20.8. The van der Waals surface area contributed by atoms with Gasteiger partial charge in [-0.25, -0.2) is 4.98 Å². The number of hydrogen-bond acceptors (Lipinski definition) is 5. The fraction of sp³-hybridized carbons (Fsp3) is 0.588. The Morgan fingerprint density at radius 1 is 1.30 bits per heavy atom. The lowest BCUT2D eigenvalue weighted by Crippen LogP contribution is -2.49. The lowest BCUT2D eigenvalue weighted by atomic mass is 10.1. The number of amides is 1. The van der Waals surface area contributed by atoms with E-state index < -0.39 is 0 Å². The second kappa shape index (κ2) is 7.42. The number of nitriles is 1. The molecule has 3 heterocycles. The van der Waals surface area contributed by atoms with Crippen LogP contribution < -0.4 is 4.90 Å². The molecule has 2 aliphatic rings. The Morgan fingerprint density at radius 2 is 2.13 bits per heavy atom. The van der Waals surface area contributed by atoms with Crippen LogP contribution in [0.2, 0.25) is 0 Å². The van der Waals surface area contributed by atoms with Gasteiger partial charge in [0.2, 0.25) is 5.91 Å². The molecule has 1 amide bonds. The van der Waals surface area contributed by atoms with Crippen molar-refractivity contribution in [1.82, 2.24) is 9.88 Å². The first-order valence-electron chi connectivity index (χ1n) is 8.27. The topological polar surface area (TPSA) is 69.5 Å². The van der Waals surface area contributed by atoms with E-state index in [2.05, 4.69) is 16.0 Å². The van der Waals surface area contributed by atoms with E-state index in [1.54, 1.807) is 12.3 Å². The van der Waals surface area contributed by atoms with Crippen molar-refractivity contribution >= 4 is 11.7 Å². The van der Waals surface area contributed by atoms with Crippen LogP contribution in [0, 0.1) is 11.3 Å². The van der Waals surface area contributed by atoms with E-state index in [9.17, 15) is 4.79 Å². The van der Waals surface area contributed by atoms with Gasteiger partial charge in [-0.15, -0.1) is 0 Å². The Balaban J connectivity index is 1.49. The zero-order chi connectivity index (χ0) is 16.1. The van der Waals surface area contributed by atoms with E-state index in [1.807, 2.05) is 11.0 Å². The molecule has 0 spiro atoms. The van der Waals surface area contributed by atoms with Crippen molar-refractivity contribution in [3.63, 3.8) is 0 Å². The molecule has 6 nitrogen and oxygen atoms in total. The summed E-state index contributed by atoms with van der Waals surface area (Å²) >= 11 is 0. The van der Waals surface area contributed by atoms with Crippen LogP contribution in [-0.2, 0) is 9.53 Å². The summed E-state index contributed by atoms with van der Waals surface area (Å²) in [6.45, 7) is 3.77. The van der Waals surface area contributed by atoms with Gasteiger partial charge in [0.05, 0.1) is 18.1 Å². The number of pyridine rings is 1. The highest BCUT2D eigenvalue weighted by Gasteiger charge is 2.25. The first kappa shape index (κ1) is 15.8. The highest BCUT2D eigenvalue weighted by molar-refractivity contribution is 5.77. The van der Waals surface area contributed by atoms with Gasteiger partial charge in [-0.05, 0) is 31.4 Å².